The average molecular weight is 518 g/mol. The first-order chi connectivity index (χ1) is 17.7. The van der Waals surface area contributed by atoms with Crippen LogP contribution in [0.25, 0.3) is 11.5 Å². The SMILES string of the molecule is COCC(=O)N(C)C1CCN(c2ccc(NC(=O)c3nc(-c4ccccc4)oc3C(F)(F)F)cn2)CC1. The van der Waals surface area contributed by atoms with Crippen molar-refractivity contribution in [1.82, 2.24) is 14.9 Å². The number of carbonyl (C=O) groups excluding carboxylic acids is 2. The van der Waals surface area contributed by atoms with E-state index in [9.17, 15) is 22.8 Å². The van der Waals surface area contributed by atoms with Crippen LogP contribution in [0.15, 0.2) is 53.1 Å². The number of halogens is 3. The molecule has 0 atom stereocenters. The highest BCUT2D eigenvalue weighted by atomic mass is 19.4. The fraction of sp³-hybridized carbons (Fsp3) is 0.360. The number of alkyl halides is 3. The maximum Gasteiger partial charge on any atom is 0.452 e. The van der Waals surface area contributed by atoms with Crippen molar-refractivity contribution in [1.29, 1.82) is 0 Å². The molecular formula is C25H26F3N5O4. The van der Waals surface area contributed by atoms with Gasteiger partial charge in [0.2, 0.25) is 17.6 Å². The summed E-state index contributed by atoms with van der Waals surface area (Å²) in [4.78, 5) is 36.7. The number of hydrogen-bond acceptors (Lipinski definition) is 7. The first kappa shape index (κ1) is 26.1. The summed E-state index contributed by atoms with van der Waals surface area (Å²) in [5.41, 5.74) is -0.327. The standard InChI is InChI=1S/C25H26F3N5O4/c1-32(20(34)15-36-2)18-10-12-33(13-11-18)19-9-8-17(14-29-19)30-23(35)21-22(25(26,27)28)37-24(31-21)16-6-4-3-5-7-16/h3-9,14,18H,10-13,15H2,1-2H3,(H,30,35). The summed E-state index contributed by atoms with van der Waals surface area (Å²) in [7, 11) is 3.24. The Morgan fingerprint density at radius 1 is 1.16 bits per heavy atom. The van der Waals surface area contributed by atoms with E-state index in [0.717, 1.165) is 12.8 Å². The predicted molar refractivity (Wildman–Crippen MR) is 129 cm³/mol. The summed E-state index contributed by atoms with van der Waals surface area (Å²) in [6.45, 7) is 1.38. The normalized spacial score (nSPS) is 14.5. The van der Waals surface area contributed by atoms with Gasteiger partial charge in [0, 0.05) is 38.9 Å². The number of benzene rings is 1. The monoisotopic (exact) mass is 517 g/mol. The third-order valence-electron chi connectivity index (χ3n) is 6.12. The van der Waals surface area contributed by atoms with Crippen molar-refractivity contribution in [2.24, 2.45) is 0 Å². The molecule has 0 spiro atoms. The third kappa shape index (κ3) is 6.08. The van der Waals surface area contributed by atoms with Gasteiger partial charge in [-0.25, -0.2) is 9.97 Å². The average Bonchev–Trinajstić information content (AvgIpc) is 3.36. The van der Waals surface area contributed by atoms with Crippen molar-refractivity contribution in [3.63, 3.8) is 0 Å². The molecular weight excluding hydrogens is 491 g/mol. The number of carbonyl (C=O) groups is 2. The number of ether oxygens (including phenoxy) is 1. The lowest BCUT2D eigenvalue weighted by Gasteiger charge is -2.37. The Morgan fingerprint density at radius 3 is 2.46 bits per heavy atom. The minimum atomic E-state index is -4.90. The van der Waals surface area contributed by atoms with Gasteiger partial charge < -0.3 is 24.3 Å². The molecule has 1 aromatic carbocycles. The first-order valence-electron chi connectivity index (χ1n) is 11.6. The number of nitrogens with zero attached hydrogens (tertiary/aromatic N) is 4. The molecule has 3 aromatic rings. The maximum atomic E-state index is 13.5. The van der Waals surface area contributed by atoms with Gasteiger partial charge >= 0.3 is 6.18 Å². The summed E-state index contributed by atoms with van der Waals surface area (Å²) in [5.74, 6) is -2.24. The summed E-state index contributed by atoms with van der Waals surface area (Å²) >= 11 is 0. The molecule has 196 valence electrons. The number of likely N-dealkylation sites (N-methyl/N-ethyl adjacent to an activating group) is 1. The Kier molecular flexibility index (Phi) is 7.77. The fourth-order valence-corrected chi connectivity index (χ4v) is 4.12. The van der Waals surface area contributed by atoms with Gasteiger partial charge in [0.1, 0.15) is 12.4 Å². The lowest BCUT2D eigenvalue weighted by Crippen LogP contribution is -2.46. The molecule has 0 unspecified atom stereocenters. The molecule has 1 aliphatic heterocycles. The van der Waals surface area contributed by atoms with Gasteiger partial charge in [0.15, 0.2) is 5.69 Å². The molecule has 0 aliphatic carbocycles. The number of nitrogens with one attached hydrogen (secondary N) is 1. The van der Waals surface area contributed by atoms with Gasteiger partial charge in [-0.1, -0.05) is 18.2 Å². The van der Waals surface area contributed by atoms with Crippen molar-refractivity contribution in [3.8, 4) is 11.5 Å². The molecule has 9 nitrogen and oxygen atoms in total. The summed E-state index contributed by atoms with van der Waals surface area (Å²) < 4.78 is 50.4. The number of rotatable bonds is 7. The predicted octanol–water partition coefficient (Wildman–Crippen LogP) is 4.08. The second-order valence-electron chi connectivity index (χ2n) is 8.58. The van der Waals surface area contributed by atoms with E-state index in [4.69, 9.17) is 9.15 Å². The number of piperidine rings is 1. The number of oxazole rings is 1. The van der Waals surface area contributed by atoms with E-state index in [-0.39, 0.29) is 30.1 Å². The zero-order valence-corrected chi connectivity index (χ0v) is 20.3. The van der Waals surface area contributed by atoms with E-state index < -0.39 is 23.5 Å². The Bertz CT molecular complexity index is 1220. The largest absolute Gasteiger partial charge is 0.452 e. The van der Waals surface area contributed by atoms with Crippen LogP contribution in [-0.2, 0) is 15.7 Å². The van der Waals surface area contributed by atoms with E-state index in [0.29, 0.717) is 24.5 Å². The van der Waals surface area contributed by atoms with Crippen molar-refractivity contribution in [2.75, 3.05) is 44.1 Å². The molecule has 12 heteroatoms. The van der Waals surface area contributed by atoms with Gasteiger partial charge in [0.05, 0.1) is 11.9 Å². The topological polar surface area (TPSA) is 101 Å². The quantitative estimate of drug-likeness (QED) is 0.504. The van der Waals surface area contributed by atoms with Crippen molar-refractivity contribution in [3.05, 3.63) is 60.1 Å². The number of amides is 2. The Labute approximate surface area is 211 Å². The van der Waals surface area contributed by atoms with Gasteiger partial charge in [-0.3, -0.25) is 9.59 Å². The van der Waals surface area contributed by atoms with Crippen LogP contribution in [0.2, 0.25) is 0 Å². The molecule has 2 amide bonds. The van der Waals surface area contributed by atoms with E-state index in [1.807, 2.05) is 4.90 Å². The van der Waals surface area contributed by atoms with E-state index in [1.165, 1.54) is 25.4 Å². The first-order valence-corrected chi connectivity index (χ1v) is 11.6. The number of methoxy groups -OCH3 is 1. The molecule has 0 radical (unpaired) electrons. The van der Waals surface area contributed by atoms with E-state index in [1.54, 1.807) is 42.3 Å². The summed E-state index contributed by atoms with van der Waals surface area (Å²) in [6, 6.07) is 11.4. The maximum absolute atomic E-state index is 13.5. The molecule has 1 saturated heterocycles. The van der Waals surface area contributed by atoms with Crippen LogP contribution in [0.4, 0.5) is 24.7 Å². The molecule has 4 rings (SSSR count). The minimum absolute atomic E-state index is 0.0395. The van der Waals surface area contributed by atoms with Crippen molar-refractivity contribution in [2.45, 2.75) is 25.1 Å². The van der Waals surface area contributed by atoms with Gasteiger partial charge in [0.25, 0.3) is 5.91 Å². The molecule has 0 saturated carbocycles. The van der Waals surface area contributed by atoms with Crippen LogP contribution in [0.5, 0.6) is 0 Å². The zero-order chi connectivity index (χ0) is 26.6. The van der Waals surface area contributed by atoms with Crippen LogP contribution in [-0.4, -0.2) is 66.6 Å². The van der Waals surface area contributed by atoms with E-state index in [2.05, 4.69) is 15.3 Å². The molecule has 1 N–H and O–H groups in total. The van der Waals surface area contributed by atoms with E-state index >= 15 is 0 Å². The Morgan fingerprint density at radius 2 is 1.86 bits per heavy atom. The van der Waals surface area contributed by atoms with Gasteiger partial charge in [-0.15, -0.1) is 0 Å². The Balaban J connectivity index is 1.42. The van der Waals surface area contributed by atoms with Crippen LogP contribution >= 0.6 is 0 Å². The number of pyridine rings is 1. The third-order valence-corrected chi connectivity index (χ3v) is 6.12. The molecule has 1 aliphatic rings. The summed E-state index contributed by atoms with van der Waals surface area (Å²) in [5, 5.41) is 2.41. The van der Waals surface area contributed by atoms with Crippen molar-refractivity contribution >= 4 is 23.3 Å². The van der Waals surface area contributed by atoms with Gasteiger partial charge in [-0.2, -0.15) is 13.2 Å². The lowest BCUT2D eigenvalue weighted by molar-refractivity contribution is -0.153. The van der Waals surface area contributed by atoms with Crippen LogP contribution in [0, 0.1) is 0 Å². The lowest BCUT2D eigenvalue weighted by atomic mass is 10.0. The van der Waals surface area contributed by atoms with Crippen LogP contribution in [0.1, 0.15) is 29.1 Å². The van der Waals surface area contributed by atoms with Gasteiger partial charge in [-0.05, 0) is 37.1 Å². The highest BCUT2D eigenvalue weighted by Crippen LogP contribution is 2.35. The fourth-order valence-electron chi connectivity index (χ4n) is 4.12. The number of aromatic nitrogens is 2. The summed E-state index contributed by atoms with van der Waals surface area (Å²) in [6.07, 6.45) is -2.02. The molecule has 0 bridgehead atoms. The molecule has 2 aromatic heterocycles. The second kappa shape index (κ2) is 11.0. The number of hydrogen-bond donors (Lipinski definition) is 1. The highest BCUT2D eigenvalue weighted by Gasteiger charge is 2.42. The van der Waals surface area contributed by atoms with Crippen LogP contribution < -0.4 is 10.2 Å². The second-order valence-corrected chi connectivity index (χ2v) is 8.58. The number of anilines is 2. The molecule has 1 fully saturated rings. The zero-order valence-electron chi connectivity index (χ0n) is 20.3. The molecule has 37 heavy (non-hydrogen) atoms. The Hall–Kier alpha value is -3.93. The minimum Gasteiger partial charge on any atom is -0.431 e. The van der Waals surface area contributed by atoms with Crippen LogP contribution in [0.3, 0.4) is 0 Å². The molecule has 3 heterocycles. The highest BCUT2D eigenvalue weighted by molar-refractivity contribution is 6.04. The van der Waals surface area contributed by atoms with Crippen molar-refractivity contribution < 1.29 is 31.9 Å². The smallest absolute Gasteiger partial charge is 0.431 e.